The number of amides is 1. The Hall–Kier alpha value is -2.70. The zero-order chi connectivity index (χ0) is 18.9. The number of aromatic amines is 1. The van der Waals surface area contributed by atoms with Gasteiger partial charge in [0.2, 0.25) is 5.91 Å². The molecule has 28 heavy (non-hydrogen) atoms. The SMILES string of the molecule is O=C(CCSc1nc2ccccc2[nH]1)N1c2ccccc2Sc2ccccc21. The van der Waals surface area contributed by atoms with Crippen molar-refractivity contribution in [1.29, 1.82) is 0 Å². The van der Waals surface area contributed by atoms with E-state index in [2.05, 4.69) is 22.1 Å². The molecule has 0 atom stereocenters. The van der Waals surface area contributed by atoms with Crippen LogP contribution in [0.3, 0.4) is 0 Å². The van der Waals surface area contributed by atoms with Crippen molar-refractivity contribution < 1.29 is 4.79 Å². The monoisotopic (exact) mass is 403 g/mol. The van der Waals surface area contributed by atoms with Gasteiger partial charge in [0.1, 0.15) is 0 Å². The van der Waals surface area contributed by atoms with Crippen molar-refractivity contribution in [2.75, 3.05) is 10.7 Å². The van der Waals surface area contributed by atoms with Gasteiger partial charge in [0.05, 0.1) is 22.4 Å². The molecule has 0 saturated carbocycles. The largest absolute Gasteiger partial charge is 0.333 e. The van der Waals surface area contributed by atoms with Crippen LogP contribution in [0.25, 0.3) is 11.0 Å². The number of rotatable bonds is 4. The number of carbonyl (C=O) groups is 1. The lowest BCUT2D eigenvalue weighted by molar-refractivity contribution is -0.117. The number of thioether (sulfide) groups is 1. The van der Waals surface area contributed by atoms with E-state index in [1.54, 1.807) is 23.5 Å². The molecule has 1 N–H and O–H groups in total. The van der Waals surface area contributed by atoms with E-state index in [9.17, 15) is 4.79 Å². The van der Waals surface area contributed by atoms with Crippen molar-refractivity contribution in [3.63, 3.8) is 0 Å². The summed E-state index contributed by atoms with van der Waals surface area (Å²) in [5, 5.41) is 0.851. The van der Waals surface area contributed by atoms with E-state index in [0.29, 0.717) is 12.2 Å². The molecular weight excluding hydrogens is 386 g/mol. The van der Waals surface area contributed by atoms with Crippen molar-refractivity contribution in [2.24, 2.45) is 0 Å². The molecule has 3 aromatic carbocycles. The zero-order valence-corrected chi connectivity index (χ0v) is 16.6. The highest BCUT2D eigenvalue weighted by Gasteiger charge is 2.27. The number of fused-ring (bicyclic) bond motifs is 3. The number of imidazole rings is 1. The van der Waals surface area contributed by atoms with Crippen molar-refractivity contribution in [2.45, 2.75) is 21.4 Å². The molecule has 5 rings (SSSR count). The third kappa shape index (κ3) is 3.19. The fourth-order valence-corrected chi connectivity index (χ4v) is 5.19. The molecule has 4 aromatic rings. The maximum atomic E-state index is 13.2. The van der Waals surface area contributed by atoms with Gasteiger partial charge in [-0.1, -0.05) is 59.9 Å². The van der Waals surface area contributed by atoms with Crippen LogP contribution >= 0.6 is 23.5 Å². The number of benzene rings is 3. The number of nitrogens with zero attached hydrogens (tertiary/aromatic N) is 2. The second-order valence-electron chi connectivity index (χ2n) is 6.42. The van der Waals surface area contributed by atoms with Crippen molar-refractivity contribution in [3.05, 3.63) is 72.8 Å². The highest BCUT2D eigenvalue weighted by molar-refractivity contribution is 7.99. The molecule has 0 unspecified atom stereocenters. The zero-order valence-electron chi connectivity index (χ0n) is 15.0. The highest BCUT2D eigenvalue weighted by atomic mass is 32.2. The Morgan fingerprint density at radius 1 is 0.929 bits per heavy atom. The van der Waals surface area contributed by atoms with Gasteiger partial charge in [-0.25, -0.2) is 4.98 Å². The van der Waals surface area contributed by atoms with Gasteiger partial charge in [0, 0.05) is 22.0 Å². The molecular formula is C22H17N3OS2. The number of H-pyrrole nitrogens is 1. The second-order valence-corrected chi connectivity index (χ2v) is 8.59. The van der Waals surface area contributed by atoms with Gasteiger partial charge < -0.3 is 4.98 Å². The summed E-state index contributed by atoms with van der Waals surface area (Å²) < 4.78 is 0. The van der Waals surface area contributed by atoms with Crippen LogP contribution < -0.4 is 4.90 Å². The Morgan fingerprint density at radius 2 is 1.57 bits per heavy atom. The Labute approximate surface area is 171 Å². The average molecular weight is 404 g/mol. The summed E-state index contributed by atoms with van der Waals surface area (Å²) in [6.07, 6.45) is 0.440. The molecule has 0 aliphatic carbocycles. The highest BCUT2D eigenvalue weighted by Crippen LogP contribution is 2.48. The number of hydrogen-bond donors (Lipinski definition) is 1. The van der Waals surface area contributed by atoms with Crippen molar-refractivity contribution in [1.82, 2.24) is 9.97 Å². The Bertz CT molecular complexity index is 1090. The van der Waals surface area contributed by atoms with Gasteiger partial charge in [0.15, 0.2) is 5.16 Å². The lowest BCUT2D eigenvalue weighted by Crippen LogP contribution is -2.28. The molecule has 0 radical (unpaired) electrons. The van der Waals surface area contributed by atoms with E-state index in [-0.39, 0.29) is 5.91 Å². The predicted molar refractivity (Wildman–Crippen MR) is 116 cm³/mol. The number of carbonyl (C=O) groups excluding carboxylic acids is 1. The summed E-state index contributed by atoms with van der Waals surface area (Å²) in [6, 6.07) is 24.1. The molecule has 0 bridgehead atoms. The number of anilines is 2. The third-order valence-corrected chi connectivity index (χ3v) is 6.61. The standard InChI is InChI=1S/C22H17N3OS2/c26-21(13-14-27-22-23-15-7-1-2-8-16(15)24-22)25-17-9-3-5-11-19(17)28-20-12-6-4-10-18(20)25/h1-12H,13-14H2,(H,23,24). The predicted octanol–water partition coefficient (Wildman–Crippen LogP) is 5.87. The first-order valence-corrected chi connectivity index (χ1v) is 10.9. The van der Waals surface area contributed by atoms with E-state index in [4.69, 9.17) is 0 Å². The van der Waals surface area contributed by atoms with Crippen LogP contribution in [0.4, 0.5) is 11.4 Å². The molecule has 6 heteroatoms. The smallest absolute Gasteiger partial charge is 0.232 e. The summed E-state index contributed by atoms with van der Waals surface area (Å²) >= 11 is 3.29. The summed E-state index contributed by atoms with van der Waals surface area (Å²) in [5.41, 5.74) is 3.90. The fraction of sp³-hybridized carbons (Fsp3) is 0.0909. The normalized spacial score (nSPS) is 12.6. The number of nitrogens with one attached hydrogen (secondary N) is 1. The van der Waals surface area contributed by atoms with Crippen LogP contribution in [0.1, 0.15) is 6.42 Å². The van der Waals surface area contributed by atoms with Crippen molar-refractivity contribution >= 4 is 51.8 Å². The van der Waals surface area contributed by atoms with Crippen LogP contribution in [0.2, 0.25) is 0 Å². The molecule has 138 valence electrons. The van der Waals surface area contributed by atoms with Crippen LogP contribution in [-0.4, -0.2) is 21.6 Å². The number of hydrogen-bond acceptors (Lipinski definition) is 4. The first kappa shape index (κ1) is 17.4. The summed E-state index contributed by atoms with van der Waals surface area (Å²) in [4.78, 5) is 25.1. The van der Waals surface area contributed by atoms with Crippen LogP contribution in [0.15, 0.2) is 87.7 Å². The maximum Gasteiger partial charge on any atom is 0.232 e. The molecule has 1 aliphatic rings. The first-order chi connectivity index (χ1) is 13.8. The van der Waals surface area contributed by atoms with E-state index in [1.807, 2.05) is 65.6 Å². The molecule has 1 aliphatic heterocycles. The lowest BCUT2D eigenvalue weighted by Gasteiger charge is -2.31. The van der Waals surface area contributed by atoms with Gasteiger partial charge in [0.25, 0.3) is 0 Å². The number of aromatic nitrogens is 2. The number of para-hydroxylation sites is 4. The van der Waals surface area contributed by atoms with E-state index in [1.165, 1.54) is 0 Å². The minimum atomic E-state index is 0.101. The van der Waals surface area contributed by atoms with Gasteiger partial charge in [-0.2, -0.15) is 0 Å². The van der Waals surface area contributed by atoms with E-state index in [0.717, 1.165) is 37.4 Å². The molecule has 4 nitrogen and oxygen atoms in total. The Morgan fingerprint density at radius 3 is 2.29 bits per heavy atom. The Kier molecular flexibility index (Phi) is 4.58. The summed E-state index contributed by atoms with van der Waals surface area (Å²) in [6.45, 7) is 0. The van der Waals surface area contributed by atoms with E-state index < -0.39 is 0 Å². The topological polar surface area (TPSA) is 49.0 Å². The first-order valence-electron chi connectivity index (χ1n) is 9.06. The van der Waals surface area contributed by atoms with Crippen LogP contribution in [0, 0.1) is 0 Å². The van der Waals surface area contributed by atoms with Gasteiger partial charge in [-0.15, -0.1) is 0 Å². The minimum absolute atomic E-state index is 0.101. The van der Waals surface area contributed by atoms with Gasteiger partial charge in [-0.3, -0.25) is 9.69 Å². The molecule has 0 saturated heterocycles. The van der Waals surface area contributed by atoms with Gasteiger partial charge in [-0.05, 0) is 36.4 Å². The third-order valence-electron chi connectivity index (χ3n) is 4.60. The van der Waals surface area contributed by atoms with Crippen molar-refractivity contribution in [3.8, 4) is 0 Å². The summed E-state index contributed by atoms with van der Waals surface area (Å²) in [5.74, 6) is 0.774. The Balaban J connectivity index is 1.35. The van der Waals surface area contributed by atoms with Crippen LogP contribution in [0.5, 0.6) is 0 Å². The average Bonchev–Trinajstić information content (AvgIpc) is 3.14. The van der Waals surface area contributed by atoms with E-state index >= 15 is 0 Å². The maximum absolute atomic E-state index is 13.2. The molecule has 2 heterocycles. The molecule has 0 spiro atoms. The second kappa shape index (κ2) is 7.37. The molecule has 1 aromatic heterocycles. The lowest BCUT2D eigenvalue weighted by atomic mass is 10.2. The molecule has 0 fully saturated rings. The minimum Gasteiger partial charge on any atom is -0.333 e. The van der Waals surface area contributed by atoms with Gasteiger partial charge >= 0.3 is 0 Å². The quantitative estimate of drug-likeness (QED) is 0.433. The fourth-order valence-electron chi connectivity index (χ4n) is 3.32. The summed E-state index contributed by atoms with van der Waals surface area (Å²) in [7, 11) is 0. The van der Waals surface area contributed by atoms with Crippen LogP contribution in [-0.2, 0) is 4.79 Å². The molecule has 1 amide bonds.